The number of imidazole rings is 1. The van der Waals surface area contributed by atoms with Gasteiger partial charge in [0.15, 0.2) is 0 Å². The number of fused-ring (bicyclic) bond motifs is 1. The largest absolute Gasteiger partial charge is 0.330 e. The second-order valence-corrected chi connectivity index (χ2v) is 4.59. The van der Waals surface area contributed by atoms with Crippen LogP contribution in [0, 0.1) is 0 Å². The van der Waals surface area contributed by atoms with E-state index in [1.165, 1.54) is 0 Å². The molecule has 17 heavy (non-hydrogen) atoms. The molecule has 0 aliphatic carbocycles. The number of para-hydroxylation sites is 1. The van der Waals surface area contributed by atoms with Gasteiger partial charge in [-0.05, 0) is 31.5 Å². The molecule has 0 saturated heterocycles. The normalized spacial score (nSPS) is 11.2. The highest BCUT2D eigenvalue weighted by Crippen LogP contribution is 2.25. The summed E-state index contributed by atoms with van der Waals surface area (Å²) in [6, 6.07) is 5.88. The number of nitrogens with two attached hydrogens (primary N) is 1. The maximum Gasteiger partial charge on any atom is 0.109 e. The Morgan fingerprint density at radius 2 is 2.24 bits per heavy atom. The molecule has 4 heteroatoms. The Morgan fingerprint density at radius 3 is 2.94 bits per heavy atom. The van der Waals surface area contributed by atoms with Gasteiger partial charge in [0.1, 0.15) is 5.82 Å². The summed E-state index contributed by atoms with van der Waals surface area (Å²) in [5.74, 6) is 1.10. The number of nitrogens with zero attached hydrogens (tertiary/aromatic N) is 2. The van der Waals surface area contributed by atoms with Crippen LogP contribution in [-0.2, 0) is 13.0 Å². The standard InChI is InChI=1S/C13H18ClN3/c1-2-9-17-12(7-4-8-15)16-11-6-3-5-10(14)13(11)17/h3,5-6H,2,4,7-9,15H2,1H3. The van der Waals surface area contributed by atoms with Crippen LogP contribution in [0.15, 0.2) is 18.2 Å². The number of aryl methyl sites for hydroxylation is 2. The van der Waals surface area contributed by atoms with E-state index in [4.69, 9.17) is 17.3 Å². The Morgan fingerprint density at radius 1 is 1.41 bits per heavy atom. The second kappa shape index (κ2) is 5.52. The predicted octanol–water partition coefficient (Wildman–Crippen LogP) is 2.99. The van der Waals surface area contributed by atoms with Gasteiger partial charge in [-0.3, -0.25) is 0 Å². The molecule has 92 valence electrons. The molecule has 0 saturated carbocycles. The summed E-state index contributed by atoms with van der Waals surface area (Å²) in [6.07, 6.45) is 2.96. The Labute approximate surface area is 107 Å². The lowest BCUT2D eigenvalue weighted by Gasteiger charge is -2.07. The van der Waals surface area contributed by atoms with E-state index in [1.807, 2.05) is 18.2 Å². The topological polar surface area (TPSA) is 43.8 Å². The zero-order valence-corrected chi connectivity index (χ0v) is 10.9. The summed E-state index contributed by atoms with van der Waals surface area (Å²) >= 11 is 6.26. The van der Waals surface area contributed by atoms with Crippen molar-refractivity contribution in [3.8, 4) is 0 Å². The molecule has 0 aliphatic rings. The first-order chi connectivity index (χ1) is 8.27. The van der Waals surface area contributed by atoms with Gasteiger partial charge in [0.2, 0.25) is 0 Å². The van der Waals surface area contributed by atoms with Crippen LogP contribution in [0.3, 0.4) is 0 Å². The van der Waals surface area contributed by atoms with E-state index < -0.39 is 0 Å². The molecule has 0 amide bonds. The minimum absolute atomic E-state index is 0.697. The van der Waals surface area contributed by atoms with E-state index in [-0.39, 0.29) is 0 Å². The van der Waals surface area contributed by atoms with Crippen LogP contribution in [0.5, 0.6) is 0 Å². The van der Waals surface area contributed by atoms with Gasteiger partial charge in [-0.15, -0.1) is 0 Å². The third-order valence-electron chi connectivity index (χ3n) is 2.85. The van der Waals surface area contributed by atoms with Crippen molar-refractivity contribution >= 4 is 22.6 Å². The van der Waals surface area contributed by atoms with Crippen LogP contribution in [0.2, 0.25) is 5.02 Å². The monoisotopic (exact) mass is 251 g/mol. The lowest BCUT2D eigenvalue weighted by Crippen LogP contribution is -2.07. The first-order valence-corrected chi connectivity index (χ1v) is 6.49. The molecule has 0 radical (unpaired) electrons. The molecular formula is C13H18ClN3. The fourth-order valence-electron chi connectivity index (χ4n) is 2.11. The lowest BCUT2D eigenvalue weighted by molar-refractivity contribution is 0.639. The van der Waals surface area contributed by atoms with Gasteiger partial charge in [0.25, 0.3) is 0 Å². The summed E-state index contributed by atoms with van der Waals surface area (Å²) < 4.78 is 2.23. The van der Waals surface area contributed by atoms with E-state index in [0.717, 1.165) is 47.7 Å². The van der Waals surface area contributed by atoms with Gasteiger partial charge >= 0.3 is 0 Å². The Kier molecular flexibility index (Phi) is 4.02. The maximum atomic E-state index is 6.26. The lowest BCUT2D eigenvalue weighted by atomic mass is 10.3. The zero-order chi connectivity index (χ0) is 12.3. The number of aromatic nitrogens is 2. The fraction of sp³-hybridized carbons (Fsp3) is 0.462. The van der Waals surface area contributed by atoms with Gasteiger partial charge in [0, 0.05) is 13.0 Å². The summed E-state index contributed by atoms with van der Waals surface area (Å²) in [7, 11) is 0. The van der Waals surface area contributed by atoms with Gasteiger partial charge in [0.05, 0.1) is 16.1 Å². The summed E-state index contributed by atoms with van der Waals surface area (Å²) in [5, 5.41) is 0.780. The van der Waals surface area contributed by atoms with Gasteiger partial charge in [-0.25, -0.2) is 4.98 Å². The average molecular weight is 252 g/mol. The molecule has 0 bridgehead atoms. The summed E-state index contributed by atoms with van der Waals surface area (Å²) in [6.45, 7) is 3.82. The maximum absolute atomic E-state index is 6.26. The number of halogens is 1. The molecule has 0 spiro atoms. The molecule has 2 aromatic rings. The van der Waals surface area contributed by atoms with Gasteiger partial charge in [-0.2, -0.15) is 0 Å². The van der Waals surface area contributed by atoms with Crippen molar-refractivity contribution in [2.45, 2.75) is 32.7 Å². The van der Waals surface area contributed by atoms with Crippen molar-refractivity contribution in [2.75, 3.05) is 6.54 Å². The molecule has 3 nitrogen and oxygen atoms in total. The van der Waals surface area contributed by atoms with Crippen LogP contribution in [0.4, 0.5) is 0 Å². The molecule has 0 aliphatic heterocycles. The van der Waals surface area contributed by atoms with Crippen molar-refractivity contribution in [1.29, 1.82) is 0 Å². The molecular weight excluding hydrogens is 234 g/mol. The van der Waals surface area contributed by atoms with Crippen molar-refractivity contribution in [3.63, 3.8) is 0 Å². The molecule has 0 unspecified atom stereocenters. The van der Waals surface area contributed by atoms with Crippen molar-refractivity contribution in [2.24, 2.45) is 5.73 Å². The molecule has 0 atom stereocenters. The third kappa shape index (κ3) is 2.45. The van der Waals surface area contributed by atoms with Crippen molar-refractivity contribution < 1.29 is 0 Å². The molecule has 0 fully saturated rings. The van der Waals surface area contributed by atoms with Crippen LogP contribution in [0.25, 0.3) is 11.0 Å². The molecule has 1 heterocycles. The highest BCUT2D eigenvalue weighted by Gasteiger charge is 2.11. The minimum atomic E-state index is 0.697. The van der Waals surface area contributed by atoms with Gasteiger partial charge in [-0.1, -0.05) is 24.6 Å². The molecule has 1 aromatic carbocycles. The third-order valence-corrected chi connectivity index (χ3v) is 3.15. The number of benzene rings is 1. The van der Waals surface area contributed by atoms with E-state index in [9.17, 15) is 0 Å². The van der Waals surface area contributed by atoms with Gasteiger partial charge < -0.3 is 10.3 Å². The van der Waals surface area contributed by atoms with Crippen LogP contribution in [0.1, 0.15) is 25.6 Å². The number of hydrogen-bond acceptors (Lipinski definition) is 2. The highest BCUT2D eigenvalue weighted by molar-refractivity contribution is 6.35. The minimum Gasteiger partial charge on any atom is -0.330 e. The SMILES string of the molecule is CCCn1c(CCCN)nc2cccc(Cl)c21. The molecule has 2 rings (SSSR count). The average Bonchev–Trinajstić information content (AvgIpc) is 2.67. The highest BCUT2D eigenvalue weighted by atomic mass is 35.5. The first-order valence-electron chi connectivity index (χ1n) is 6.11. The van der Waals surface area contributed by atoms with Crippen molar-refractivity contribution in [1.82, 2.24) is 9.55 Å². The molecule has 2 N–H and O–H groups in total. The fourth-order valence-corrected chi connectivity index (χ4v) is 2.38. The molecule has 1 aromatic heterocycles. The van der Waals surface area contributed by atoms with Crippen LogP contribution >= 0.6 is 11.6 Å². The van der Waals surface area contributed by atoms with Crippen LogP contribution in [-0.4, -0.2) is 16.1 Å². The Bertz CT molecular complexity index is 505. The predicted molar refractivity (Wildman–Crippen MR) is 72.4 cm³/mol. The van der Waals surface area contributed by atoms with Crippen LogP contribution < -0.4 is 5.73 Å². The van der Waals surface area contributed by atoms with Crippen molar-refractivity contribution in [3.05, 3.63) is 29.0 Å². The summed E-state index contributed by atoms with van der Waals surface area (Å²) in [4.78, 5) is 4.65. The number of rotatable bonds is 5. The second-order valence-electron chi connectivity index (χ2n) is 4.18. The number of hydrogen-bond donors (Lipinski definition) is 1. The quantitative estimate of drug-likeness (QED) is 0.888. The van der Waals surface area contributed by atoms with E-state index in [1.54, 1.807) is 0 Å². The Hall–Kier alpha value is -1.06. The van der Waals surface area contributed by atoms with E-state index >= 15 is 0 Å². The zero-order valence-electron chi connectivity index (χ0n) is 10.1. The Balaban J connectivity index is 2.51. The smallest absolute Gasteiger partial charge is 0.109 e. The van der Waals surface area contributed by atoms with E-state index in [0.29, 0.717) is 6.54 Å². The first kappa shape index (κ1) is 12.4. The van der Waals surface area contributed by atoms with E-state index in [2.05, 4.69) is 16.5 Å². The summed E-state index contributed by atoms with van der Waals surface area (Å²) in [5.41, 5.74) is 7.60.